The Morgan fingerprint density at radius 1 is 1.37 bits per heavy atom. The van der Waals surface area contributed by atoms with Gasteiger partial charge < -0.3 is 10.1 Å². The predicted octanol–water partition coefficient (Wildman–Crippen LogP) is 3.03. The molecule has 0 aliphatic heterocycles. The summed E-state index contributed by atoms with van der Waals surface area (Å²) < 4.78 is 5.54. The quantitative estimate of drug-likeness (QED) is 0.854. The van der Waals surface area contributed by atoms with E-state index in [2.05, 4.69) is 20.5 Å². The first-order valence-corrected chi connectivity index (χ1v) is 6.67. The molecular formula is C13H17ClN4O. The summed E-state index contributed by atoms with van der Waals surface area (Å²) in [5.41, 5.74) is 0.851. The average molecular weight is 281 g/mol. The van der Waals surface area contributed by atoms with Gasteiger partial charge in [-0.1, -0.05) is 24.6 Å². The van der Waals surface area contributed by atoms with Crippen LogP contribution in [-0.4, -0.2) is 21.8 Å². The maximum atomic E-state index is 6.12. The summed E-state index contributed by atoms with van der Waals surface area (Å²) in [6, 6.07) is 5.61. The summed E-state index contributed by atoms with van der Waals surface area (Å²) in [4.78, 5) is 4.34. The van der Waals surface area contributed by atoms with Gasteiger partial charge in [0.15, 0.2) is 11.6 Å². The minimum absolute atomic E-state index is 0.549. The molecule has 0 unspecified atom stereocenters. The van der Waals surface area contributed by atoms with Gasteiger partial charge in [0.25, 0.3) is 0 Å². The van der Waals surface area contributed by atoms with E-state index in [-0.39, 0.29) is 0 Å². The highest BCUT2D eigenvalue weighted by atomic mass is 35.5. The van der Waals surface area contributed by atoms with Gasteiger partial charge in [0.2, 0.25) is 0 Å². The Bertz CT molecular complexity index is 541. The molecule has 1 aromatic heterocycles. The lowest BCUT2D eigenvalue weighted by atomic mass is 10.3. The van der Waals surface area contributed by atoms with Crippen molar-refractivity contribution in [3.05, 3.63) is 34.9 Å². The highest BCUT2D eigenvalue weighted by Crippen LogP contribution is 2.32. The fourth-order valence-corrected chi connectivity index (χ4v) is 1.92. The normalized spacial score (nSPS) is 10.5. The number of nitrogens with one attached hydrogen (secondary N) is 2. The van der Waals surface area contributed by atoms with Crippen LogP contribution in [0.1, 0.15) is 25.5 Å². The summed E-state index contributed by atoms with van der Waals surface area (Å²) in [5.74, 6) is 2.27. The monoisotopic (exact) mass is 280 g/mol. The fourth-order valence-electron chi connectivity index (χ4n) is 1.69. The van der Waals surface area contributed by atoms with Crippen LogP contribution in [0.5, 0.6) is 5.75 Å². The van der Waals surface area contributed by atoms with Crippen molar-refractivity contribution >= 4 is 17.3 Å². The Morgan fingerprint density at radius 3 is 2.89 bits per heavy atom. The van der Waals surface area contributed by atoms with Crippen LogP contribution in [0.3, 0.4) is 0 Å². The van der Waals surface area contributed by atoms with E-state index in [9.17, 15) is 0 Å². The molecule has 0 saturated carbocycles. The smallest absolute Gasteiger partial charge is 0.160 e. The first-order valence-electron chi connectivity index (χ1n) is 6.30. The number of para-hydroxylation sites is 1. The fraction of sp³-hybridized carbons (Fsp3) is 0.385. The SMILES string of the molecule is CCOc1c(Cl)cccc1NCc1nc(CC)n[nH]1. The molecule has 0 saturated heterocycles. The average Bonchev–Trinajstić information content (AvgIpc) is 2.87. The minimum atomic E-state index is 0.549. The van der Waals surface area contributed by atoms with E-state index in [1.54, 1.807) is 6.07 Å². The van der Waals surface area contributed by atoms with Crippen molar-refractivity contribution in [1.29, 1.82) is 0 Å². The maximum Gasteiger partial charge on any atom is 0.160 e. The second-order valence-corrected chi connectivity index (χ2v) is 4.36. The van der Waals surface area contributed by atoms with E-state index < -0.39 is 0 Å². The molecule has 6 heteroatoms. The highest BCUT2D eigenvalue weighted by Gasteiger charge is 2.08. The molecule has 0 aliphatic carbocycles. The van der Waals surface area contributed by atoms with Gasteiger partial charge >= 0.3 is 0 Å². The van der Waals surface area contributed by atoms with Crippen LogP contribution in [0.2, 0.25) is 5.02 Å². The Balaban J connectivity index is 2.08. The largest absolute Gasteiger partial charge is 0.490 e. The van der Waals surface area contributed by atoms with Crippen molar-refractivity contribution < 1.29 is 4.74 Å². The van der Waals surface area contributed by atoms with Crippen molar-refractivity contribution in [2.24, 2.45) is 0 Å². The van der Waals surface area contributed by atoms with E-state index in [1.165, 1.54) is 0 Å². The molecule has 1 heterocycles. The third kappa shape index (κ3) is 3.38. The Kier molecular flexibility index (Phi) is 4.63. The van der Waals surface area contributed by atoms with Crippen LogP contribution in [0.4, 0.5) is 5.69 Å². The van der Waals surface area contributed by atoms with Crippen molar-refractivity contribution in [2.75, 3.05) is 11.9 Å². The van der Waals surface area contributed by atoms with Crippen LogP contribution < -0.4 is 10.1 Å². The number of hydrogen-bond acceptors (Lipinski definition) is 4. The van der Waals surface area contributed by atoms with Gasteiger partial charge in [-0.3, -0.25) is 5.10 Å². The van der Waals surface area contributed by atoms with Crippen molar-refractivity contribution in [3.8, 4) is 5.75 Å². The van der Waals surface area contributed by atoms with Crippen LogP contribution >= 0.6 is 11.6 Å². The van der Waals surface area contributed by atoms with Crippen molar-refractivity contribution in [2.45, 2.75) is 26.8 Å². The predicted molar refractivity (Wildman–Crippen MR) is 75.7 cm³/mol. The topological polar surface area (TPSA) is 62.8 Å². The number of hydrogen-bond donors (Lipinski definition) is 2. The zero-order chi connectivity index (χ0) is 13.7. The van der Waals surface area contributed by atoms with Gasteiger partial charge in [-0.2, -0.15) is 5.10 Å². The minimum Gasteiger partial charge on any atom is -0.490 e. The number of halogens is 1. The van der Waals surface area contributed by atoms with E-state index in [0.29, 0.717) is 23.9 Å². The number of rotatable bonds is 6. The number of aromatic nitrogens is 3. The van der Waals surface area contributed by atoms with Gasteiger partial charge in [-0.25, -0.2) is 4.98 Å². The Hall–Kier alpha value is -1.75. The summed E-state index contributed by atoms with van der Waals surface area (Å²) in [7, 11) is 0. The van der Waals surface area contributed by atoms with Crippen LogP contribution in [0, 0.1) is 0 Å². The lowest BCUT2D eigenvalue weighted by Crippen LogP contribution is -2.04. The number of nitrogens with zero attached hydrogens (tertiary/aromatic N) is 2. The highest BCUT2D eigenvalue weighted by molar-refractivity contribution is 6.32. The van der Waals surface area contributed by atoms with Crippen LogP contribution in [-0.2, 0) is 13.0 Å². The molecule has 19 heavy (non-hydrogen) atoms. The third-order valence-corrected chi connectivity index (χ3v) is 2.89. The number of benzene rings is 1. The molecule has 0 radical (unpaired) electrons. The van der Waals surface area contributed by atoms with Gasteiger partial charge in [0.1, 0.15) is 5.82 Å². The molecule has 0 amide bonds. The Morgan fingerprint density at radius 2 is 2.21 bits per heavy atom. The molecule has 0 bridgehead atoms. The molecule has 2 rings (SSSR count). The number of aryl methyl sites for hydroxylation is 1. The van der Waals surface area contributed by atoms with Crippen LogP contribution in [0.25, 0.3) is 0 Å². The molecule has 0 spiro atoms. The molecule has 0 atom stereocenters. The van der Waals surface area contributed by atoms with Gasteiger partial charge in [0.05, 0.1) is 23.9 Å². The summed E-state index contributed by atoms with van der Waals surface area (Å²) in [6.45, 7) is 5.07. The maximum absolute atomic E-state index is 6.12. The molecule has 2 aromatic rings. The molecule has 2 N–H and O–H groups in total. The Labute approximate surface area is 117 Å². The number of aromatic amines is 1. The molecule has 0 aliphatic rings. The van der Waals surface area contributed by atoms with Crippen molar-refractivity contribution in [3.63, 3.8) is 0 Å². The summed E-state index contributed by atoms with van der Waals surface area (Å²) in [5, 5.41) is 10.8. The lowest BCUT2D eigenvalue weighted by Gasteiger charge is -2.12. The third-order valence-electron chi connectivity index (χ3n) is 2.60. The number of anilines is 1. The molecule has 0 fully saturated rings. The first-order chi connectivity index (χ1) is 9.24. The zero-order valence-electron chi connectivity index (χ0n) is 11.0. The van der Waals surface area contributed by atoms with Gasteiger partial charge in [0, 0.05) is 6.42 Å². The number of H-pyrrole nitrogens is 1. The van der Waals surface area contributed by atoms with E-state index in [0.717, 1.165) is 23.8 Å². The first kappa shape index (κ1) is 13.7. The molecule has 102 valence electrons. The standard InChI is InChI=1S/C13H17ClN4O/c1-3-11-16-12(18-17-11)8-15-10-7-5-6-9(14)13(10)19-4-2/h5-7,15H,3-4,8H2,1-2H3,(H,16,17,18). The van der Waals surface area contributed by atoms with E-state index in [1.807, 2.05) is 26.0 Å². The second kappa shape index (κ2) is 6.43. The van der Waals surface area contributed by atoms with Crippen molar-refractivity contribution in [1.82, 2.24) is 15.2 Å². The van der Waals surface area contributed by atoms with Gasteiger partial charge in [-0.15, -0.1) is 0 Å². The number of ether oxygens (including phenoxy) is 1. The van der Waals surface area contributed by atoms with Gasteiger partial charge in [-0.05, 0) is 19.1 Å². The summed E-state index contributed by atoms with van der Waals surface area (Å²) in [6.07, 6.45) is 0.817. The zero-order valence-corrected chi connectivity index (χ0v) is 11.8. The molecule has 5 nitrogen and oxygen atoms in total. The van der Waals surface area contributed by atoms with E-state index in [4.69, 9.17) is 16.3 Å². The van der Waals surface area contributed by atoms with Crippen LogP contribution in [0.15, 0.2) is 18.2 Å². The lowest BCUT2D eigenvalue weighted by molar-refractivity contribution is 0.342. The second-order valence-electron chi connectivity index (χ2n) is 3.95. The molecular weight excluding hydrogens is 264 g/mol. The summed E-state index contributed by atoms with van der Waals surface area (Å²) >= 11 is 6.12. The van der Waals surface area contributed by atoms with E-state index >= 15 is 0 Å². The molecule has 1 aromatic carbocycles.